The van der Waals surface area contributed by atoms with Crippen LogP contribution in [0.3, 0.4) is 0 Å². The minimum atomic E-state index is -4.41. The lowest BCUT2D eigenvalue weighted by molar-refractivity contribution is -0.161. The van der Waals surface area contributed by atoms with Crippen LogP contribution >= 0.6 is 7.82 Å². The van der Waals surface area contributed by atoms with Crippen molar-refractivity contribution in [3.8, 4) is 0 Å². The molecule has 0 aromatic rings. The molecule has 308 valence electrons. The minimum absolute atomic E-state index is 0.0292. The number of hydrogen-bond acceptors (Lipinski definition) is 8. The minimum Gasteiger partial charge on any atom is -0.462 e. The molecule has 0 bridgehead atoms. The van der Waals surface area contributed by atoms with E-state index in [0.29, 0.717) is 25.7 Å². The van der Waals surface area contributed by atoms with Crippen LogP contribution in [0.5, 0.6) is 0 Å². The van der Waals surface area contributed by atoms with Crippen LogP contribution in [0.25, 0.3) is 0 Å². The summed E-state index contributed by atoms with van der Waals surface area (Å²) in [7, 11) is -4.41. The molecule has 1 unspecified atom stereocenters. The molecular weight excluding hydrogens is 713 g/mol. The lowest BCUT2D eigenvalue weighted by atomic mass is 10.2. The second kappa shape index (κ2) is 40.1. The van der Waals surface area contributed by atoms with Gasteiger partial charge in [-0.25, -0.2) is 4.57 Å². The maximum absolute atomic E-state index is 12.5. The van der Waals surface area contributed by atoms with Crippen LogP contribution in [0.1, 0.15) is 117 Å². The molecule has 0 aliphatic heterocycles. The molecule has 3 N–H and O–H groups in total. The Bertz CT molecular complexity index is 1310. The van der Waals surface area contributed by atoms with Gasteiger partial charge < -0.3 is 20.1 Å². The highest BCUT2D eigenvalue weighted by atomic mass is 31.2. The molecule has 0 amide bonds. The molecule has 0 aliphatic carbocycles. The molecule has 0 radical (unpaired) electrons. The van der Waals surface area contributed by atoms with Gasteiger partial charge in [0.1, 0.15) is 6.61 Å². The Hall–Kier alpha value is -3.59. The van der Waals surface area contributed by atoms with Gasteiger partial charge in [0.25, 0.3) is 0 Å². The zero-order valence-electron chi connectivity index (χ0n) is 33.6. The zero-order valence-corrected chi connectivity index (χ0v) is 34.5. The van der Waals surface area contributed by atoms with Gasteiger partial charge in [0.15, 0.2) is 6.10 Å². The number of phosphoric acid groups is 1. The van der Waals surface area contributed by atoms with Gasteiger partial charge in [0, 0.05) is 19.4 Å². The Morgan fingerprint density at radius 2 is 0.909 bits per heavy atom. The number of hydrogen-bond donors (Lipinski definition) is 2. The summed E-state index contributed by atoms with van der Waals surface area (Å²) < 4.78 is 32.6. The van der Waals surface area contributed by atoms with Crippen molar-refractivity contribution < 1.29 is 37.6 Å². The van der Waals surface area contributed by atoms with E-state index < -0.39 is 32.5 Å². The maximum Gasteiger partial charge on any atom is 0.472 e. The first-order valence-corrected chi connectivity index (χ1v) is 21.5. The monoisotopic (exact) mass is 783 g/mol. The van der Waals surface area contributed by atoms with E-state index in [-0.39, 0.29) is 32.6 Å². The smallest absolute Gasteiger partial charge is 0.462 e. The van der Waals surface area contributed by atoms with Gasteiger partial charge >= 0.3 is 19.8 Å². The lowest BCUT2D eigenvalue weighted by Crippen LogP contribution is -2.29. The normalized spacial score (nSPS) is 14.6. The van der Waals surface area contributed by atoms with E-state index >= 15 is 0 Å². The maximum atomic E-state index is 12.5. The summed E-state index contributed by atoms with van der Waals surface area (Å²) in [5, 5.41) is 0. The fraction of sp³-hybridized carbons (Fsp3) is 0.511. The van der Waals surface area contributed by atoms with E-state index in [4.69, 9.17) is 24.3 Å². The van der Waals surface area contributed by atoms with Crippen molar-refractivity contribution in [2.75, 3.05) is 26.4 Å². The largest absolute Gasteiger partial charge is 0.472 e. The van der Waals surface area contributed by atoms with E-state index in [9.17, 15) is 19.0 Å². The van der Waals surface area contributed by atoms with Gasteiger partial charge in [-0.15, -0.1) is 0 Å². The molecule has 0 rings (SSSR count). The zero-order chi connectivity index (χ0) is 40.3. The van der Waals surface area contributed by atoms with Crippen molar-refractivity contribution >= 4 is 19.8 Å². The summed E-state index contributed by atoms with van der Waals surface area (Å²) in [6.07, 6.45) is 53.9. The number of carbonyl (C=O) groups is 2. The van der Waals surface area contributed by atoms with Crippen molar-refractivity contribution in [3.63, 3.8) is 0 Å². The van der Waals surface area contributed by atoms with Gasteiger partial charge in [-0.3, -0.25) is 18.6 Å². The van der Waals surface area contributed by atoms with Crippen LogP contribution in [0.15, 0.2) is 122 Å². The number of nitrogens with two attached hydrogens (primary N) is 1. The molecule has 0 saturated heterocycles. The summed E-state index contributed by atoms with van der Waals surface area (Å²) >= 11 is 0. The standard InChI is InChI=1S/C45H70NO8P/c1-3-5-7-9-11-13-15-17-19-21-23-25-27-29-31-33-35-37-44(47)51-41-43(42-53-55(49,50)52-40-39-46)54-45(48)38-36-34-32-30-28-26-24-22-20-18-16-14-12-10-8-6-4-2/h5-8,11-14,17-20,23-26,29-32,43H,3-4,9-10,15-16,21-22,27-28,33-42,46H2,1-2H3,(H,49,50)/b7-5+,8-6+,13-11+,14-12+,19-17+,20-18+,25-23+,26-24+,31-29+,32-30+/t43-/m1/s1. The van der Waals surface area contributed by atoms with E-state index in [2.05, 4.69) is 123 Å². The predicted octanol–water partition coefficient (Wildman–Crippen LogP) is 11.4. The molecule has 0 aromatic heterocycles. The van der Waals surface area contributed by atoms with Crippen LogP contribution in [0.2, 0.25) is 0 Å². The third-order valence-electron chi connectivity index (χ3n) is 7.34. The average molecular weight is 784 g/mol. The summed E-state index contributed by atoms with van der Waals surface area (Å²) in [4.78, 5) is 34.8. The van der Waals surface area contributed by atoms with E-state index in [1.807, 2.05) is 12.2 Å². The van der Waals surface area contributed by atoms with Crippen molar-refractivity contribution in [1.29, 1.82) is 0 Å². The number of carbonyl (C=O) groups excluding carboxylic acids is 2. The third-order valence-corrected chi connectivity index (χ3v) is 8.33. The summed E-state index contributed by atoms with van der Waals surface area (Å²) in [6, 6.07) is 0. The molecule has 0 heterocycles. The number of rotatable bonds is 35. The van der Waals surface area contributed by atoms with Crippen molar-refractivity contribution in [3.05, 3.63) is 122 Å². The molecule has 10 heteroatoms. The van der Waals surface area contributed by atoms with Gasteiger partial charge in [-0.2, -0.15) is 0 Å². The second-order valence-electron chi connectivity index (χ2n) is 12.4. The van der Waals surface area contributed by atoms with Gasteiger partial charge in [-0.1, -0.05) is 135 Å². The Labute approximate surface area is 332 Å². The lowest BCUT2D eigenvalue weighted by Gasteiger charge is -2.19. The van der Waals surface area contributed by atoms with Crippen LogP contribution in [-0.4, -0.2) is 49.3 Å². The molecule has 9 nitrogen and oxygen atoms in total. The van der Waals surface area contributed by atoms with Crippen LogP contribution in [0.4, 0.5) is 0 Å². The molecule has 55 heavy (non-hydrogen) atoms. The third kappa shape index (κ3) is 39.9. The summed E-state index contributed by atoms with van der Waals surface area (Å²) in [5.41, 5.74) is 5.33. The molecule has 0 aliphatic rings. The van der Waals surface area contributed by atoms with Crippen LogP contribution in [-0.2, 0) is 32.7 Å². The van der Waals surface area contributed by atoms with Crippen molar-refractivity contribution in [2.24, 2.45) is 5.73 Å². The first-order chi connectivity index (χ1) is 26.8. The Kier molecular flexibility index (Phi) is 37.5. The Balaban J connectivity index is 4.43. The first kappa shape index (κ1) is 51.4. The van der Waals surface area contributed by atoms with Crippen LogP contribution < -0.4 is 5.73 Å². The Morgan fingerprint density at radius 1 is 0.545 bits per heavy atom. The van der Waals surface area contributed by atoms with E-state index in [1.54, 1.807) is 0 Å². The average Bonchev–Trinajstić information content (AvgIpc) is 3.17. The molecular formula is C45H70NO8P. The molecule has 0 fully saturated rings. The van der Waals surface area contributed by atoms with Gasteiger partial charge in [-0.05, 0) is 89.9 Å². The van der Waals surface area contributed by atoms with Crippen LogP contribution in [0, 0.1) is 0 Å². The highest BCUT2D eigenvalue weighted by molar-refractivity contribution is 7.47. The fourth-order valence-corrected chi connectivity index (χ4v) is 5.23. The number of ether oxygens (including phenoxy) is 2. The highest BCUT2D eigenvalue weighted by Crippen LogP contribution is 2.43. The SMILES string of the molecule is CC/C=C/C/C=C/C/C=C/C/C=C/C/C=C/CCCC(=O)OC[C@H](COP(=O)(O)OCCN)OC(=O)CCC/C=C/C/C=C/C/C=C/C/C=C/C/C=C/CC. The highest BCUT2D eigenvalue weighted by Gasteiger charge is 2.25. The topological polar surface area (TPSA) is 134 Å². The Morgan fingerprint density at radius 3 is 1.29 bits per heavy atom. The van der Waals surface area contributed by atoms with Gasteiger partial charge in [0.2, 0.25) is 0 Å². The molecule has 0 aromatic carbocycles. The number of phosphoric ester groups is 1. The van der Waals surface area contributed by atoms with Crippen molar-refractivity contribution in [2.45, 2.75) is 123 Å². The van der Waals surface area contributed by atoms with Gasteiger partial charge in [0.05, 0.1) is 13.2 Å². The fourth-order valence-electron chi connectivity index (χ4n) is 4.47. The molecule has 0 spiro atoms. The summed E-state index contributed by atoms with van der Waals surface area (Å²) in [6.45, 7) is 3.32. The summed E-state index contributed by atoms with van der Waals surface area (Å²) in [5.74, 6) is -0.982. The number of allylic oxidation sites excluding steroid dienone is 20. The predicted molar refractivity (Wildman–Crippen MR) is 228 cm³/mol. The molecule has 0 saturated carbocycles. The van der Waals surface area contributed by atoms with Crippen molar-refractivity contribution in [1.82, 2.24) is 0 Å². The second-order valence-corrected chi connectivity index (χ2v) is 13.8. The van der Waals surface area contributed by atoms with E-state index in [0.717, 1.165) is 64.2 Å². The quantitative estimate of drug-likeness (QED) is 0.0279. The van der Waals surface area contributed by atoms with E-state index in [1.165, 1.54) is 0 Å². The first-order valence-electron chi connectivity index (χ1n) is 20.0. The number of unbranched alkanes of at least 4 members (excludes halogenated alkanes) is 2. The number of esters is 2. The molecule has 2 atom stereocenters.